The number of imidazole rings is 1. The van der Waals surface area contributed by atoms with Crippen molar-refractivity contribution >= 4 is 0 Å². The number of hydrogen-bond donors (Lipinski definition) is 1. The van der Waals surface area contributed by atoms with Crippen LogP contribution in [0.15, 0.2) is 48.8 Å². The number of hydrogen-bond acceptors (Lipinski definition) is 2. The standard InChI is InChI=1S/C16H15N3/c1-11-3-5-13(6-4-11)15-12(2)18-16(19-15)14-7-9-17-10-8-14/h3-10H,1-2H3,(H,18,19). The van der Waals surface area contributed by atoms with E-state index in [2.05, 4.69) is 41.2 Å². The van der Waals surface area contributed by atoms with Crippen molar-refractivity contribution in [2.24, 2.45) is 0 Å². The predicted octanol–water partition coefficient (Wildman–Crippen LogP) is 3.76. The first-order valence-electron chi connectivity index (χ1n) is 6.28. The predicted molar refractivity (Wildman–Crippen MR) is 76.7 cm³/mol. The molecule has 1 aromatic carbocycles. The number of H-pyrrole nitrogens is 1. The highest BCUT2D eigenvalue weighted by molar-refractivity contribution is 5.67. The quantitative estimate of drug-likeness (QED) is 0.751. The smallest absolute Gasteiger partial charge is 0.138 e. The SMILES string of the molecule is Cc1ccc(-c2nc(-c3ccncc3)[nH]c2C)cc1. The van der Waals surface area contributed by atoms with Crippen molar-refractivity contribution in [3.05, 3.63) is 60.0 Å². The zero-order chi connectivity index (χ0) is 13.2. The van der Waals surface area contributed by atoms with Crippen LogP contribution in [0, 0.1) is 13.8 Å². The number of benzene rings is 1. The van der Waals surface area contributed by atoms with E-state index in [-0.39, 0.29) is 0 Å². The molecule has 3 rings (SSSR count). The first kappa shape index (κ1) is 11.7. The van der Waals surface area contributed by atoms with E-state index in [1.165, 1.54) is 5.56 Å². The van der Waals surface area contributed by atoms with Crippen LogP contribution < -0.4 is 0 Å². The maximum absolute atomic E-state index is 4.70. The van der Waals surface area contributed by atoms with Crippen LogP contribution >= 0.6 is 0 Å². The molecule has 3 heteroatoms. The summed E-state index contributed by atoms with van der Waals surface area (Å²) in [7, 11) is 0. The van der Waals surface area contributed by atoms with Crippen LogP contribution in [0.4, 0.5) is 0 Å². The van der Waals surface area contributed by atoms with Gasteiger partial charge in [0, 0.05) is 29.2 Å². The average Bonchev–Trinajstić information content (AvgIpc) is 2.83. The summed E-state index contributed by atoms with van der Waals surface area (Å²) in [6.07, 6.45) is 3.55. The van der Waals surface area contributed by atoms with Crippen LogP contribution in [-0.4, -0.2) is 15.0 Å². The van der Waals surface area contributed by atoms with E-state index in [0.29, 0.717) is 0 Å². The number of nitrogens with one attached hydrogen (secondary N) is 1. The molecule has 0 saturated carbocycles. The van der Waals surface area contributed by atoms with Gasteiger partial charge in [0.05, 0.1) is 5.69 Å². The summed E-state index contributed by atoms with van der Waals surface area (Å²) in [5, 5.41) is 0. The van der Waals surface area contributed by atoms with E-state index in [0.717, 1.165) is 28.3 Å². The van der Waals surface area contributed by atoms with Crippen molar-refractivity contribution in [1.29, 1.82) is 0 Å². The lowest BCUT2D eigenvalue weighted by molar-refractivity contribution is 1.24. The minimum atomic E-state index is 0.885. The fourth-order valence-corrected chi connectivity index (χ4v) is 2.10. The van der Waals surface area contributed by atoms with Crippen LogP contribution in [0.25, 0.3) is 22.6 Å². The molecule has 3 nitrogen and oxygen atoms in total. The molecule has 2 aromatic heterocycles. The molecule has 1 N–H and O–H groups in total. The van der Waals surface area contributed by atoms with Gasteiger partial charge in [0.2, 0.25) is 0 Å². The number of rotatable bonds is 2. The molecular weight excluding hydrogens is 234 g/mol. The van der Waals surface area contributed by atoms with Crippen LogP contribution in [-0.2, 0) is 0 Å². The van der Waals surface area contributed by atoms with Gasteiger partial charge in [-0.1, -0.05) is 29.8 Å². The van der Waals surface area contributed by atoms with Crippen molar-refractivity contribution in [3.63, 3.8) is 0 Å². The molecule has 94 valence electrons. The lowest BCUT2D eigenvalue weighted by Gasteiger charge is -1.99. The van der Waals surface area contributed by atoms with E-state index < -0.39 is 0 Å². The fourth-order valence-electron chi connectivity index (χ4n) is 2.10. The summed E-state index contributed by atoms with van der Waals surface area (Å²) < 4.78 is 0. The second-order valence-corrected chi connectivity index (χ2v) is 4.66. The lowest BCUT2D eigenvalue weighted by Crippen LogP contribution is -1.82. The molecule has 0 unspecified atom stereocenters. The molecule has 3 aromatic rings. The Morgan fingerprint density at radius 3 is 2.21 bits per heavy atom. The first-order valence-corrected chi connectivity index (χ1v) is 6.28. The Balaban J connectivity index is 2.05. The average molecular weight is 249 g/mol. The maximum Gasteiger partial charge on any atom is 0.138 e. The molecule has 0 aliphatic carbocycles. The summed E-state index contributed by atoms with van der Waals surface area (Å²) >= 11 is 0. The molecule has 0 fully saturated rings. The zero-order valence-electron chi connectivity index (χ0n) is 11.0. The van der Waals surface area contributed by atoms with Crippen molar-refractivity contribution in [1.82, 2.24) is 15.0 Å². The van der Waals surface area contributed by atoms with E-state index in [1.807, 2.05) is 19.1 Å². The number of aromatic amines is 1. The summed E-state index contributed by atoms with van der Waals surface area (Å²) in [6.45, 7) is 4.14. The Bertz CT molecular complexity index is 682. The highest BCUT2D eigenvalue weighted by Crippen LogP contribution is 2.25. The number of nitrogens with zero attached hydrogens (tertiary/aromatic N) is 2. The van der Waals surface area contributed by atoms with Crippen molar-refractivity contribution in [3.8, 4) is 22.6 Å². The van der Waals surface area contributed by atoms with Gasteiger partial charge < -0.3 is 4.98 Å². The second kappa shape index (κ2) is 4.69. The molecule has 0 atom stereocenters. The van der Waals surface area contributed by atoms with Gasteiger partial charge in [0.25, 0.3) is 0 Å². The monoisotopic (exact) mass is 249 g/mol. The molecule has 19 heavy (non-hydrogen) atoms. The molecular formula is C16H15N3. The van der Waals surface area contributed by atoms with Gasteiger partial charge >= 0.3 is 0 Å². The van der Waals surface area contributed by atoms with Gasteiger partial charge in [-0.05, 0) is 26.0 Å². The molecule has 0 saturated heterocycles. The van der Waals surface area contributed by atoms with Gasteiger partial charge in [-0.25, -0.2) is 4.98 Å². The Labute approximate surface area is 112 Å². The lowest BCUT2D eigenvalue weighted by atomic mass is 10.1. The number of aryl methyl sites for hydroxylation is 2. The third kappa shape index (κ3) is 2.27. The summed E-state index contributed by atoms with van der Waals surface area (Å²) in [6, 6.07) is 12.3. The zero-order valence-corrected chi connectivity index (χ0v) is 11.0. The molecule has 0 spiro atoms. The Hall–Kier alpha value is -2.42. The molecule has 0 radical (unpaired) electrons. The third-order valence-electron chi connectivity index (χ3n) is 3.16. The molecule has 0 aliphatic heterocycles. The van der Waals surface area contributed by atoms with Gasteiger partial charge in [0.1, 0.15) is 5.82 Å². The van der Waals surface area contributed by atoms with E-state index in [1.54, 1.807) is 12.4 Å². The largest absolute Gasteiger partial charge is 0.342 e. The third-order valence-corrected chi connectivity index (χ3v) is 3.16. The van der Waals surface area contributed by atoms with Crippen LogP contribution in [0.2, 0.25) is 0 Å². The Kier molecular flexibility index (Phi) is 2.88. The van der Waals surface area contributed by atoms with Gasteiger partial charge in [-0.15, -0.1) is 0 Å². The van der Waals surface area contributed by atoms with Crippen molar-refractivity contribution in [2.45, 2.75) is 13.8 Å². The topological polar surface area (TPSA) is 41.6 Å². The van der Waals surface area contributed by atoms with Crippen molar-refractivity contribution < 1.29 is 0 Å². The van der Waals surface area contributed by atoms with Crippen LogP contribution in [0.5, 0.6) is 0 Å². The Morgan fingerprint density at radius 2 is 1.53 bits per heavy atom. The van der Waals surface area contributed by atoms with Gasteiger partial charge in [-0.2, -0.15) is 0 Å². The highest BCUT2D eigenvalue weighted by Gasteiger charge is 2.09. The number of aromatic nitrogens is 3. The van der Waals surface area contributed by atoms with E-state index in [9.17, 15) is 0 Å². The van der Waals surface area contributed by atoms with E-state index >= 15 is 0 Å². The minimum absolute atomic E-state index is 0.885. The van der Waals surface area contributed by atoms with Gasteiger partial charge in [-0.3, -0.25) is 4.98 Å². The Morgan fingerprint density at radius 1 is 0.842 bits per heavy atom. The molecule has 0 amide bonds. The molecule has 0 bridgehead atoms. The van der Waals surface area contributed by atoms with E-state index in [4.69, 9.17) is 4.98 Å². The maximum atomic E-state index is 4.70. The fraction of sp³-hybridized carbons (Fsp3) is 0.125. The van der Waals surface area contributed by atoms with Gasteiger partial charge in [0.15, 0.2) is 0 Å². The second-order valence-electron chi connectivity index (χ2n) is 4.66. The first-order chi connectivity index (χ1) is 9.24. The minimum Gasteiger partial charge on any atom is -0.342 e. The summed E-state index contributed by atoms with van der Waals surface area (Å²) in [4.78, 5) is 12.1. The van der Waals surface area contributed by atoms with Crippen molar-refractivity contribution in [2.75, 3.05) is 0 Å². The van der Waals surface area contributed by atoms with Crippen LogP contribution in [0.3, 0.4) is 0 Å². The van der Waals surface area contributed by atoms with Crippen LogP contribution in [0.1, 0.15) is 11.3 Å². The normalized spacial score (nSPS) is 10.6. The highest BCUT2D eigenvalue weighted by atomic mass is 14.9. The molecule has 2 heterocycles. The molecule has 0 aliphatic rings. The number of pyridine rings is 1. The summed E-state index contributed by atoms with van der Waals surface area (Å²) in [5.74, 6) is 0.885. The summed E-state index contributed by atoms with van der Waals surface area (Å²) in [5.41, 5.74) is 5.53.